The number of ether oxygens (including phenoxy) is 3. The van der Waals surface area contributed by atoms with Crippen LogP contribution in [0.4, 0.5) is 9.18 Å². The second kappa shape index (κ2) is 13.9. The van der Waals surface area contributed by atoms with Crippen LogP contribution in [0.3, 0.4) is 0 Å². The minimum Gasteiger partial charge on any atom is -0.488 e. The van der Waals surface area contributed by atoms with Crippen molar-refractivity contribution in [2.24, 2.45) is 5.92 Å². The number of rotatable bonds is 6. The molecule has 2 saturated heterocycles. The second-order valence-electron chi connectivity index (χ2n) is 13.4. The standard InChI is InChI=1S/C34H43FN4O8/c1-45-28-17-27(24-13-8-14-25(35)30(24)37-28)46-23-16-26-31(41)38-34(32(42)43)18-20(34)9-4-2-3-5-10-21(15-29(40)39(26)19-23)36-33(44)47-22-11-6-7-12-22/h8,13-14,17,20-23,26H,2-7,9-12,15-16,18-19H2,1H3,(H,36,44)(H,38,41)(H,42,43)/t20-,21+,23-,26+,34-/m1/s1. The van der Waals surface area contributed by atoms with Gasteiger partial charge in [-0.2, -0.15) is 0 Å². The van der Waals surface area contributed by atoms with Crippen LogP contribution in [-0.4, -0.2) is 82.4 Å². The number of methoxy groups -OCH3 is 1. The third kappa shape index (κ3) is 7.23. The average Bonchev–Trinajstić information content (AvgIpc) is 3.32. The number of aromatic nitrogens is 1. The van der Waals surface area contributed by atoms with Crippen LogP contribution in [0.15, 0.2) is 24.3 Å². The molecule has 3 N–H and O–H groups in total. The number of nitrogens with one attached hydrogen (secondary N) is 2. The number of hydrogen-bond donors (Lipinski definition) is 3. The summed E-state index contributed by atoms with van der Waals surface area (Å²) < 4.78 is 31.9. The minimum absolute atomic E-state index is 0.0289. The lowest BCUT2D eigenvalue weighted by molar-refractivity contribution is -0.145. The molecule has 2 saturated carbocycles. The minimum atomic E-state index is -1.36. The first-order valence-corrected chi connectivity index (χ1v) is 16.8. The number of carbonyl (C=O) groups is 4. The molecule has 1 aromatic heterocycles. The molecule has 254 valence electrons. The molecule has 6 rings (SSSR count). The third-order valence-electron chi connectivity index (χ3n) is 10.1. The van der Waals surface area contributed by atoms with Crippen LogP contribution in [0.2, 0.25) is 0 Å². The summed E-state index contributed by atoms with van der Waals surface area (Å²) in [6, 6.07) is 4.51. The number of alkyl carbamates (subject to hydrolysis) is 1. The number of amides is 3. The van der Waals surface area contributed by atoms with Crippen molar-refractivity contribution in [3.05, 3.63) is 30.1 Å². The molecule has 3 amide bonds. The van der Waals surface area contributed by atoms with Crippen LogP contribution in [0, 0.1) is 11.7 Å². The molecular formula is C34H43FN4O8. The lowest BCUT2D eigenvalue weighted by atomic mass is 10.0. The van der Waals surface area contributed by atoms with Crippen LogP contribution in [0.25, 0.3) is 10.9 Å². The van der Waals surface area contributed by atoms with E-state index in [9.17, 15) is 28.7 Å². The molecule has 0 bridgehead atoms. The summed E-state index contributed by atoms with van der Waals surface area (Å²) in [6.45, 7) is 0.0289. The molecule has 0 spiro atoms. The predicted molar refractivity (Wildman–Crippen MR) is 167 cm³/mol. The molecule has 2 aromatic rings. The zero-order valence-corrected chi connectivity index (χ0v) is 26.7. The maximum absolute atomic E-state index is 14.7. The summed E-state index contributed by atoms with van der Waals surface area (Å²) in [4.78, 5) is 58.6. The second-order valence-corrected chi connectivity index (χ2v) is 13.4. The highest BCUT2D eigenvalue weighted by Crippen LogP contribution is 2.47. The quantitative estimate of drug-likeness (QED) is 0.409. The Kier molecular flexibility index (Phi) is 9.70. The van der Waals surface area contributed by atoms with Gasteiger partial charge in [0.25, 0.3) is 0 Å². The predicted octanol–water partition coefficient (Wildman–Crippen LogP) is 4.47. The first kappa shape index (κ1) is 32.8. The number of hydrogen-bond acceptors (Lipinski definition) is 8. The molecule has 12 nitrogen and oxygen atoms in total. The highest BCUT2D eigenvalue weighted by molar-refractivity contribution is 5.94. The fraction of sp³-hybridized carbons (Fsp3) is 0.618. The maximum Gasteiger partial charge on any atom is 0.407 e. The van der Waals surface area contributed by atoms with E-state index in [2.05, 4.69) is 15.6 Å². The van der Waals surface area contributed by atoms with Gasteiger partial charge in [-0.05, 0) is 63.0 Å². The Balaban J connectivity index is 1.25. The Hall–Kier alpha value is -4.16. The summed E-state index contributed by atoms with van der Waals surface area (Å²) in [7, 11) is 1.41. The van der Waals surface area contributed by atoms with Gasteiger partial charge >= 0.3 is 12.1 Å². The summed E-state index contributed by atoms with van der Waals surface area (Å²) in [5.41, 5.74) is -1.30. The van der Waals surface area contributed by atoms with Crippen molar-refractivity contribution < 1.29 is 42.9 Å². The summed E-state index contributed by atoms with van der Waals surface area (Å²) in [5.74, 6) is -2.31. The van der Waals surface area contributed by atoms with Gasteiger partial charge in [-0.1, -0.05) is 31.7 Å². The molecule has 13 heteroatoms. The molecule has 2 aliphatic carbocycles. The topological polar surface area (TPSA) is 156 Å². The van der Waals surface area contributed by atoms with Gasteiger partial charge in [0, 0.05) is 30.3 Å². The van der Waals surface area contributed by atoms with Crippen LogP contribution in [-0.2, 0) is 19.1 Å². The van der Waals surface area contributed by atoms with Gasteiger partial charge in [-0.3, -0.25) is 9.59 Å². The van der Waals surface area contributed by atoms with Crippen LogP contribution in [0.1, 0.15) is 83.5 Å². The van der Waals surface area contributed by atoms with Gasteiger partial charge in [-0.25, -0.2) is 19.0 Å². The van der Waals surface area contributed by atoms with E-state index in [1.807, 2.05) is 0 Å². The molecule has 4 aliphatic rings. The van der Waals surface area contributed by atoms with Gasteiger partial charge in [-0.15, -0.1) is 0 Å². The molecule has 3 heterocycles. The zero-order chi connectivity index (χ0) is 33.1. The van der Waals surface area contributed by atoms with Crippen molar-refractivity contribution in [2.45, 2.75) is 113 Å². The molecule has 0 unspecified atom stereocenters. The molecule has 2 aliphatic heterocycles. The van der Waals surface area contributed by atoms with Crippen LogP contribution >= 0.6 is 0 Å². The average molecular weight is 655 g/mol. The van der Waals surface area contributed by atoms with Crippen LogP contribution in [0.5, 0.6) is 11.6 Å². The SMILES string of the molecule is COc1cc(O[C@@H]2C[C@H]3C(=O)N[C@]4(C(=O)O)C[C@H]4CCCCCC[C@H](NC(=O)OC4CCCC4)CC(=O)N3C2)c2cccc(F)c2n1. The number of carbonyl (C=O) groups excluding carboxylic acids is 3. The number of carboxylic acid groups (broad SMARTS) is 1. The zero-order valence-electron chi connectivity index (χ0n) is 26.7. The van der Waals surface area contributed by atoms with Gasteiger partial charge in [0.1, 0.15) is 40.9 Å². The molecule has 0 radical (unpaired) electrons. The van der Waals surface area contributed by atoms with E-state index in [0.717, 1.165) is 51.4 Å². The third-order valence-corrected chi connectivity index (χ3v) is 10.1. The van der Waals surface area contributed by atoms with Crippen molar-refractivity contribution in [1.82, 2.24) is 20.5 Å². The van der Waals surface area contributed by atoms with E-state index >= 15 is 0 Å². The first-order chi connectivity index (χ1) is 22.7. The number of aliphatic carboxylic acids is 1. The molecule has 1 aromatic carbocycles. The van der Waals surface area contributed by atoms with Crippen molar-refractivity contribution in [3.8, 4) is 11.6 Å². The smallest absolute Gasteiger partial charge is 0.407 e. The van der Waals surface area contributed by atoms with Crippen LogP contribution < -0.4 is 20.1 Å². The normalized spacial score (nSPS) is 28.8. The van der Waals surface area contributed by atoms with Crippen molar-refractivity contribution >= 4 is 34.8 Å². The van der Waals surface area contributed by atoms with Gasteiger partial charge in [0.15, 0.2) is 0 Å². The van der Waals surface area contributed by atoms with Gasteiger partial charge in [0.2, 0.25) is 17.7 Å². The Labute approximate surface area is 272 Å². The fourth-order valence-electron chi connectivity index (χ4n) is 7.45. The van der Waals surface area contributed by atoms with E-state index in [1.54, 1.807) is 6.07 Å². The number of halogens is 1. The monoisotopic (exact) mass is 654 g/mol. The first-order valence-electron chi connectivity index (χ1n) is 16.8. The van der Waals surface area contributed by atoms with E-state index in [-0.39, 0.29) is 54.5 Å². The van der Waals surface area contributed by atoms with Gasteiger partial charge < -0.3 is 34.9 Å². The van der Waals surface area contributed by atoms with E-state index < -0.39 is 47.5 Å². The van der Waals surface area contributed by atoms with Crippen molar-refractivity contribution in [3.63, 3.8) is 0 Å². The Morgan fingerprint density at radius 2 is 1.81 bits per heavy atom. The lowest BCUT2D eigenvalue weighted by Crippen LogP contribution is -2.53. The number of pyridine rings is 1. The number of para-hydroxylation sites is 1. The van der Waals surface area contributed by atoms with Crippen molar-refractivity contribution in [1.29, 1.82) is 0 Å². The highest BCUT2D eigenvalue weighted by atomic mass is 19.1. The Bertz CT molecular complexity index is 1520. The molecule has 4 fully saturated rings. The number of benzene rings is 1. The Morgan fingerprint density at radius 1 is 1.06 bits per heavy atom. The summed E-state index contributed by atoms with van der Waals surface area (Å²) in [5, 5.41) is 16.2. The largest absolute Gasteiger partial charge is 0.488 e. The molecular weight excluding hydrogens is 611 g/mol. The molecule has 47 heavy (non-hydrogen) atoms. The highest BCUT2D eigenvalue weighted by Gasteiger charge is 2.62. The van der Waals surface area contributed by atoms with E-state index in [1.165, 1.54) is 30.2 Å². The lowest BCUT2D eigenvalue weighted by Gasteiger charge is -2.27. The summed E-state index contributed by atoms with van der Waals surface area (Å²) in [6.07, 6.45) is 7.31. The number of carboxylic acids is 1. The number of fused-ring (bicyclic) bond motifs is 3. The Morgan fingerprint density at radius 3 is 2.55 bits per heavy atom. The molecule has 5 atom stereocenters. The van der Waals surface area contributed by atoms with Gasteiger partial charge in [0.05, 0.1) is 13.7 Å². The van der Waals surface area contributed by atoms with E-state index in [0.29, 0.717) is 24.6 Å². The maximum atomic E-state index is 14.7. The summed E-state index contributed by atoms with van der Waals surface area (Å²) >= 11 is 0. The number of nitrogens with zero attached hydrogens (tertiary/aromatic N) is 2. The van der Waals surface area contributed by atoms with Crippen molar-refractivity contribution in [2.75, 3.05) is 13.7 Å². The fourth-order valence-corrected chi connectivity index (χ4v) is 7.45. The van der Waals surface area contributed by atoms with E-state index in [4.69, 9.17) is 14.2 Å².